The van der Waals surface area contributed by atoms with Gasteiger partial charge in [-0.25, -0.2) is 4.79 Å². The molecule has 0 saturated carbocycles. The molecule has 1 amide bonds. The van der Waals surface area contributed by atoms with Crippen molar-refractivity contribution in [2.24, 2.45) is 0 Å². The highest BCUT2D eigenvalue weighted by Gasteiger charge is 2.26. The minimum absolute atomic E-state index is 0.0463. The fraction of sp³-hybridized carbons (Fsp3) is 0.278. The number of Topliss-reactive ketones (excluding diaryl/α,β-unsaturated/α-hetero) is 1. The van der Waals surface area contributed by atoms with Crippen molar-refractivity contribution < 1.29 is 23.9 Å². The molecule has 30 heavy (non-hydrogen) atoms. The highest BCUT2D eigenvalue weighted by molar-refractivity contribution is 7.18. The first kappa shape index (κ1) is 25.0. The molecule has 0 saturated heterocycles. The van der Waals surface area contributed by atoms with Crippen molar-refractivity contribution in [3.05, 3.63) is 41.1 Å². The van der Waals surface area contributed by atoms with Crippen LogP contribution in [0.5, 0.6) is 5.75 Å². The van der Waals surface area contributed by atoms with Crippen molar-refractivity contribution in [1.82, 2.24) is 0 Å². The normalized spacial score (nSPS) is 10.7. The summed E-state index contributed by atoms with van der Waals surface area (Å²) in [5.74, 6) is -1.67. The van der Waals surface area contributed by atoms with E-state index in [1.54, 1.807) is 13.8 Å². The molecule has 1 N–H and O–H groups in total. The van der Waals surface area contributed by atoms with E-state index in [-0.39, 0.29) is 53.8 Å². The number of amides is 1. The van der Waals surface area contributed by atoms with Crippen LogP contribution in [0.15, 0.2) is 0 Å². The molecule has 2 aromatic rings. The predicted molar refractivity (Wildman–Crippen MR) is 121 cm³/mol. The van der Waals surface area contributed by atoms with Crippen molar-refractivity contribution >= 4 is 92.0 Å². The minimum atomic E-state index is -0.655. The van der Waals surface area contributed by atoms with E-state index >= 15 is 0 Å². The van der Waals surface area contributed by atoms with E-state index < -0.39 is 18.5 Å². The fourth-order valence-electron chi connectivity index (χ4n) is 2.40. The van der Waals surface area contributed by atoms with Crippen LogP contribution < -0.4 is 10.1 Å². The average Bonchev–Trinajstić information content (AvgIpc) is 3.01. The average molecular weight is 534 g/mol. The number of rotatable bonds is 7. The zero-order valence-corrected chi connectivity index (χ0v) is 20.3. The van der Waals surface area contributed by atoms with Gasteiger partial charge in [0.1, 0.15) is 15.0 Å². The summed E-state index contributed by atoms with van der Waals surface area (Å²) < 4.78 is 10.4. The lowest BCUT2D eigenvalue weighted by molar-refractivity contribution is -0.118. The molecule has 0 bridgehead atoms. The van der Waals surface area contributed by atoms with Crippen molar-refractivity contribution in [2.45, 2.75) is 20.8 Å². The number of ether oxygens (including phenoxy) is 2. The van der Waals surface area contributed by atoms with Crippen molar-refractivity contribution in [3.63, 3.8) is 0 Å². The van der Waals surface area contributed by atoms with E-state index in [1.807, 2.05) is 0 Å². The quantitative estimate of drug-likeness (QED) is 0.185. The van der Waals surface area contributed by atoms with Crippen LogP contribution in [0.1, 0.15) is 39.4 Å². The first-order chi connectivity index (χ1) is 14.0. The van der Waals surface area contributed by atoms with Crippen LogP contribution in [0.2, 0.25) is 25.1 Å². The van der Waals surface area contributed by atoms with Crippen LogP contribution in [0.4, 0.5) is 5.00 Å². The molecule has 0 spiro atoms. The number of benzene rings is 1. The summed E-state index contributed by atoms with van der Waals surface area (Å²) in [7, 11) is 0. The van der Waals surface area contributed by atoms with Gasteiger partial charge in [-0.3, -0.25) is 9.59 Å². The second kappa shape index (κ2) is 10.4. The summed E-state index contributed by atoms with van der Waals surface area (Å²) in [4.78, 5) is 36.9. The van der Waals surface area contributed by atoms with Gasteiger partial charge in [0.2, 0.25) is 0 Å². The Hall–Kier alpha value is -1.22. The van der Waals surface area contributed by atoms with Gasteiger partial charge in [0, 0.05) is 0 Å². The third-order valence-electron chi connectivity index (χ3n) is 3.72. The van der Waals surface area contributed by atoms with E-state index in [4.69, 9.17) is 67.5 Å². The molecule has 0 fully saturated rings. The highest BCUT2D eigenvalue weighted by Crippen LogP contribution is 2.48. The Balaban J connectivity index is 2.27. The van der Waals surface area contributed by atoms with Gasteiger partial charge in [0.15, 0.2) is 18.1 Å². The zero-order valence-electron chi connectivity index (χ0n) is 15.8. The summed E-state index contributed by atoms with van der Waals surface area (Å²) >= 11 is 30.9. The molecule has 162 valence electrons. The van der Waals surface area contributed by atoms with Crippen molar-refractivity contribution in [3.8, 4) is 5.75 Å². The van der Waals surface area contributed by atoms with Crippen LogP contribution in [0, 0.1) is 6.92 Å². The molecule has 6 nitrogen and oxygen atoms in total. The minimum Gasteiger partial charge on any atom is -0.481 e. The predicted octanol–water partition coefficient (Wildman–Crippen LogP) is 6.72. The molecule has 1 aromatic heterocycles. The van der Waals surface area contributed by atoms with Crippen LogP contribution in [-0.4, -0.2) is 30.9 Å². The number of thiophene rings is 1. The Kier molecular flexibility index (Phi) is 8.68. The molecular formula is C18H14Cl5NO5S. The topological polar surface area (TPSA) is 81.7 Å². The number of carbonyl (C=O) groups is 3. The molecule has 0 aliphatic heterocycles. The fourth-order valence-corrected chi connectivity index (χ4v) is 4.73. The van der Waals surface area contributed by atoms with Crippen LogP contribution in [-0.2, 0) is 9.53 Å². The molecule has 2 rings (SSSR count). The summed E-state index contributed by atoms with van der Waals surface area (Å²) in [6.07, 6.45) is 0. The Morgan fingerprint density at radius 1 is 0.967 bits per heavy atom. The zero-order chi connectivity index (χ0) is 22.7. The van der Waals surface area contributed by atoms with Gasteiger partial charge in [-0.1, -0.05) is 58.0 Å². The van der Waals surface area contributed by atoms with Gasteiger partial charge in [-0.05, 0) is 26.3 Å². The third-order valence-corrected chi connectivity index (χ3v) is 7.27. The lowest BCUT2D eigenvalue weighted by Crippen LogP contribution is -2.21. The third kappa shape index (κ3) is 5.15. The number of nitrogens with one attached hydrogen (secondary N) is 1. The molecule has 0 aliphatic carbocycles. The molecule has 12 heteroatoms. The second-order valence-electron chi connectivity index (χ2n) is 5.77. The molecule has 0 radical (unpaired) electrons. The largest absolute Gasteiger partial charge is 0.481 e. The number of anilines is 1. The summed E-state index contributed by atoms with van der Waals surface area (Å²) in [6, 6.07) is 0. The van der Waals surface area contributed by atoms with E-state index in [2.05, 4.69) is 5.32 Å². The van der Waals surface area contributed by atoms with Gasteiger partial charge in [-0.2, -0.15) is 0 Å². The molecule has 0 unspecified atom stereocenters. The summed E-state index contributed by atoms with van der Waals surface area (Å²) in [5, 5.41) is 2.28. The lowest BCUT2D eigenvalue weighted by Gasteiger charge is -2.13. The molecule has 1 aromatic carbocycles. The van der Waals surface area contributed by atoms with E-state index in [1.165, 1.54) is 6.92 Å². The standard InChI is InChI=1S/C18H14Cl5NO5S/c1-4-28-18(27)9-6(2)16(7(3)25)30-17(9)24-8(26)5-29-15-13(22)11(20)10(19)12(21)14(15)23/h4-5H2,1-3H3,(H,24,26). The molecule has 0 aliphatic rings. The molecule has 0 atom stereocenters. The first-order valence-electron chi connectivity index (χ1n) is 8.26. The monoisotopic (exact) mass is 531 g/mol. The van der Waals surface area contributed by atoms with Gasteiger partial charge in [-0.15, -0.1) is 11.3 Å². The lowest BCUT2D eigenvalue weighted by atomic mass is 10.1. The maximum atomic E-state index is 12.4. The Labute approximate surface area is 201 Å². The first-order valence-corrected chi connectivity index (χ1v) is 11.0. The number of esters is 1. The van der Waals surface area contributed by atoms with Crippen LogP contribution in [0.25, 0.3) is 0 Å². The summed E-state index contributed by atoms with van der Waals surface area (Å²) in [6.45, 7) is 4.20. The van der Waals surface area contributed by atoms with Crippen LogP contribution in [0.3, 0.4) is 0 Å². The smallest absolute Gasteiger partial charge is 0.341 e. The number of ketones is 1. The Bertz CT molecular complexity index is 1010. The van der Waals surface area contributed by atoms with Gasteiger partial charge in [0.05, 0.1) is 32.1 Å². The number of hydrogen-bond acceptors (Lipinski definition) is 6. The van der Waals surface area contributed by atoms with Gasteiger partial charge < -0.3 is 14.8 Å². The maximum Gasteiger partial charge on any atom is 0.341 e. The summed E-state index contributed by atoms with van der Waals surface area (Å²) in [5.41, 5.74) is 0.526. The Morgan fingerprint density at radius 3 is 2.00 bits per heavy atom. The SMILES string of the molecule is CCOC(=O)c1c(NC(=O)COc2c(Cl)c(Cl)c(Cl)c(Cl)c2Cl)sc(C(C)=O)c1C. The van der Waals surface area contributed by atoms with Crippen molar-refractivity contribution in [1.29, 1.82) is 0 Å². The van der Waals surface area contributed by atoms with Crippen LogP contribution >= 0.6 is 69.3 Å². The van der Waals surface area contributed by atoms with Gasteiger partial charge in [0.25, 0.3) is 5.91 Å². The van der Waals surface area contributed by atoms with E-state index in [9.17, 15) is 14.4 Å². The number of halogens is 5. The van der Waals surface area contributed by atoms with Gasteiger partial charge >= 0.3 is 5.97 Å². The second-order valence-corrected chi connectivity index (χ2v) is 8.68. The molecule has 1 heterocycles. The number of hydrogen-bond donors (Lipinski definition) is 1. The van der Waals surface area contributed by atoms with Crippen molar-refractivity contribution in [2.75, 3.05) is 18.5 Å². The Morgan fingerprint density at radius 2 is 1.50 bits per heavy atom. The van der Waals surface area contributed by atoms with E-state index in [0.717, 1.165) is 11.3 Å². The van der Waals surface area contributed by atoms with E-state index in [0.29, 0.717) is 10.4 Å². The maximum absolute atomic E-state index is 12.4. The number of carbonyl (C=O) groups excluding carboxylic acids is 3. The molecular weight excluding hydrogens is 520 g/mol. The highest BCUT2D eigenvalue weighted by atomic mass is 35.5.